The summed E-state index contributed by atoms with van der Waals surface area (Å²) in [5.41, 5.74) is 1.42. The van der Waals surface area contributed by atoms with E-state index in [1.807, 2.05) is 39.0 Å². The number of nitrogens with one attached hydrogen (secondary N) is 1. The van der Waals surface area contributed by atoms with E-state index in [1.54, 1.807) is 0 Å². The highest BCUT2D eigenvalue weighted by atomic mass is 28.4. The molecule has 0 bridgehead atoms. The minimum Gasteiger partial charge on any atom is -0.444 e. The molecule has 0 heterocycles. The molecule has 0 aliphatic heterocycles. The van der Waals surface area contributed by atoms with Crippen LogP contribution in [0.25, 0.3) is 0 Å². The van der Waals surface area contributed by atoms with E-state index in [2.05, 4.69) is 131 Å². The molecule has 3 aromatic carbocycles. The van der Waals surface area contributed by atoms with Gasteiger partial charge in [0.25, 0.3) is 0 Å². The zero-order valence-corrected chi connectivity index (χ0v) is 36.3. The highest BCUT2D eigenvalue weighted by Gasteiger charge is 2.43. The Morgan fingerprint density at radius 2 is 1.09 bits per heavy atom. The Hall–Kier alpha value is -3.19. The van der Waals surface area contributed by atoms with Crippen LogP contribution in [0.15, 0.2) is 103 Å². The van der Waals surface area contributed by atoms with Crippen LogP contribution < -0.4 is 5.32 Å². The summed E-state index contributed by atoms with van der Waals surface area (Å²) in [4.78, 5) is 13.6. The minimum atomic E-state index is -2.30. The molecule has 0 unspecified atom stereocenters. The largest absolute Gasteiger partial charge is 0.444 e. The molecule has 3 aromatic rings. The fourth-order valence-electron chi connectivity index (χ4n) is 6.59. The first-order valence-corrected chi connectivity index (χ1v) is 23.7. The van der Waals surface area contributed by atoms with Gasteiger partial charge in [0.1, 0.15) is 11.2 Å². The molecule has 1 amide bonds. The van der Waals surface area contributed by atoms with Crippen LogP contribution in [-0.4, -0.2) is 38.8 Å². The maximum Gasteiger partial charge on any atom is 0.408 e. The maximum absolute atomic E-state index is 13.6. The van der Waals surface area contributed by atoms with Crippen LogP contribution in [0, 0.1) is 0 Å². The molecule has 1 N–H and O–H groups in total. The lowest BCUT2D eigenvalue weighted by Gasteiger charge is -2.42. The molecular weight excluding hydrogens is 683 g/mol. The molecule has 0 aromatic heterocycles. The van der Waals surface area contributed by atoms with Crippen molar-refractivity contribution in [3.05, 3.63) is 120 Å². The lowest BCUT2D eigenvalue weighted by atomic mass is 9.80. The standard InChI is InChI=1S/C48H73NO4Si/c1-10-11-12-13-14-15-16-17-18-19-20-21-31-38-44(53-54(8,9)47(5,6)7)43(49-45(50)52-46(2,3)4)39-51-48(40-32-25-22-26-33-40,41-34-27-23-28-35-41)42-36-29-24-30-37-42/h22-38,43-44H,10-21,39H2,1-9H3,(H,49,50)/b38-31+/t43-,44+/m0/s1. The average molecular weight is 756 g/mol. The topological polar surface area (TPSA) is 56.8 Å². The minimum absolute atomic E-state index is 0.0334. The van der Waals surface area contributed by atoms with Crippen molar-refractivity contribution < 1.29 is 18.7 Å². The van der Waals surface area contributed by atoms with E-state index in [-0.39, 0.29) is 11.6 Å². The van der Waals surface area contributed by atoms with Gasteiger partial charge in [-0.2, -0.15) is 0 Å². The van der Waals surface area contributed by atoms with Crippen LogP contribution >= 0.6 is 0 Å². The lowest BCUT2D eigenvalue weighted by molar-refractivity contribution is -0.0188. The number of unbranched alkanes of at least 4 members (excludes halogenated alkanes) is 11. The normalized spacial score (nSPS) is 13.9. The van der Waals surface area contributed by atoms with E-state index in [0.29, 0.717) is 0 Å². The second kappa shape index (κ2) is 22.4. The van der Waals surface area contributed by atoms with Crippen LogP contribution in [0.3, 0.4) is 0 Å². The molecule has 54 heavy (non-hydrogen) atoms. The Bertz CT molecular complexity index is 1380. The zero-order valence-electron chi connectivity index (χ0n) is 35.3. The third-order valence-electron chi connectivity index (χ3n) is 10.7. The van der Waals surface area contributed by atoms with Crippen molar-refractivity contribution >= 4 is 14.4 Å². The van der Waals surface area contributed by atoms with Gasteiger partial charge < -0.3 is 19.2 Å². The Kier molecular flexibility index (Phi) is 18.7. The number of rotatable bonds is 23. The third-order valence-corrected chi connectivity index (χ3v) is 15.1. The van der Waals surface area contributed by atoms with Gasteiger partial charge in [-0.3, -0.25) is 0 Å². The monoisotopic (exact) mass is 756 g/mol. The highest BCUT2D eigenvalue weighted by Crippen LogP contribution is 2.41. The van der Waals surface area contributed by atoms with Gasteiger partial charge >= 0.3 is 6.09 Å². The van der Waals surface area contributed by atoms with Gasteiger partial charge in [-0.1, -0.05) is 195 Å². The summed E-state index contributed by atoms with van der Waals surface area (Å²) in [7, 11) is -2.30. The Balaban J connectivity index is 1.93. The molecule has 6 heteroatoms. The second-order valence-corrected chi connectivity index (χ2v) is 22.2. The van der Waals surface area contributed by atoms with Crippen molar-refractivity contribution in [2.75, 3.05) is 6.61 Å². The van der Waals surface area contributed by atoms with Crippen LogP contribution in [-0.2, 0) is 19.5 Å². The molecule has 0 saturated carbocycles. The Labute approximate surface area is 330 Å². The van der Waals surface area contributed by atoms with E-state index >= 15 is 0 Å². The summed E-state index contributed by atoms with van der Waals surface area (Å²) >= 11 is 0. The zero-order chi connectivity index (χ0) is 39.5. The van der Waals surface area contributed by atoms with E-state index in [9.17, 15) is 4.79 Å². The molecule has 0 aliphatic carbocycles. The first-order chi connectivity index (χ1) is 25.7. The Morgan fingerprint density at radius 1 is 0.667 bits per heavy atom. The molecule has 2 atom stereocenters. The molecule has 3 rings (SSSR count). The van der Waals surface area contributed by atoms with Gasteiger partial charge in [0.05, 0.1) is 18.8 Å². The van der Waals surface area contributed by atoms with Crippen molar-refractivity contribution in [2.45, 2.75) is 167 Å². The van der Waals surface area contributed by atoms with Crippen molar-refractivity contribution in [3.8, 4) is 0 Å². The molecule has 0 fully saturated rings. The van der Waals surface area contributed by atoms with Gasteiger partial charge in [-0.15, -0.1) is 0 Å². The molecule has 5 nitrogen and oxygen atoms in total. The van der Waals surface area contributed by atoms with Crippen molar-refractivity contribution in [2.24, 2.45) is 0 Å². The average Bonchev–Trinajstić information content (AvgIpc) is 3.13. The van der Waals surface area contributed by atoms with Crippen LogP contribution in [0.4, 0.5) is 4.79 Å². The van der Waals surface area contributed by atoms with E-state index in [0.717, 1.165) is 29.5 Å². The highest BCUT2D eigenvalue weighted by molar-refractivity contribution is 6.74. The van der Waals surface area contributed by atoms with Crippen molar-refractivity contribution in [3.63, 3.8) is 0 Å². The number of allylic oxidation sites excluding steroid dienone is 1. The van der Waals surface area contributed by atoms with Gasteiger partial charge in [0.15, 0.2) is 8.32 Å². The summed E-state index contributed by atoms with van der Waals surface area (Å²) in [5.74, 6) is 0. The predicted molar refractivity (Wildman–Crippen MR) is 231 cm³/mol. The first-order valence-electron chi connectivity index (χ1n) is 20.8. The predicted octanol–water partition coefficient (Wildman–Crippen LogP) is 13.5. The summed E-state index contributed by atoms with van der Waals surface area (Å²) in [6.07, 6.45) is 19.0. The van der Waals surface area contributed by atoms with Gasteiger partial charge in [-0.25, -0.2) is 4.79 Å². The third kappa shape index (κ3) is 14.8. The van der Waals surface area contributed by atoms with Gasteiger partial charge in [-0.05, 0) is 68.4 Å². The molecule has 0 saturated heterocycles. The number of benzene rings is 3. The number of ether oxygens (including phenoxy) is 2. The smallest absolute Gasteiger partial charge is 0.408 e. The first kappa shape index (κ1) is 45.2. The fraction of sp³-hybridized carbons (Fsp3) is 0.562. The number of hydrogen-bond donors (Lipinski definition) is 1. The van der Waals surface area contributed by atoms with Crippen molar-refractivity contribution in [1.29, 1.82) is 0 Å². The van der Waals surface area contributed by atoms with Crippen LogP contribution in [0.5, 0.6) is 0 Å². The Morgan fingerprint density at radius 3 is 1.50 bits per heavy atom. The van der Waals surface area contributed by atoms with Crippen molar-refractivity contribution in [1.82, 2.24) is 5.32 Å². The second-order valence-electron chi connectivity index (χ2n) is 17.4. The van der Waals surface area contributed by atoms with Crippen LogP contribution in [0.2, 0.25) is 18.1 Å². The summed E-state index contributed by atoms with van der Waals surface area (Å²) < 4.78 is 20.3. The maximum atomic E-state index is 13.6. The molecule has 0 radical (unpaired) electrons. The molecule has 298 valence electrons. The number of alkyl carbamates (subject to hydrolysis) is 1. The summed E-state index contributed by atoms with van der Waals surface area (Å²) in [5, 5.41) is 3.20. The SMILES string of the molecule is CCCCCCCCCCCCC/C=C/[C@@H](O[Si](C)(C)C(C)(C)C)[C@H](COC(c1ccccc1)(c1ccccc1)c1ccccc1)NC(=O)OC(C)(C)C. The summed E-state index contributed by atoms with van der Waals surface area (Å²) in [6, 6.07) is 30.6. The number of carbonyl (C=O) groups excluding carboxylic acids is 1. The lowest BCUT2D eigenvalue weighted by Crippen LogP contribution is -2.54. The van der Waals surface area contributed by atoms with Crippen LogP contribution in [0.1, 0.15) is 142 Å². The number of carbonyl (C=O) groups is 1. The molecule has 0 spiro atoms. The molecular formula is C48H73NO4Si. The van der Waals surface area contributed by atoms with E-state index < -0.39 is 37.8 Å². The number of hydrogen-bond acceptors (Lipinski definition) is 4. The van der Waals surface area contributed by atoms with E-state index in [1.165, 1.54) is 64.2 Å². The van der Waals surface area contributed by atoms with Gasteiger partial charge in [0.2, 0.25) is 0 Å². The quantitative estimate of drug-likeness (QED) is 0.0453. The fourth-order valence-corrected chi connectivity index (χ4v) is 7.87. The van der Waals surface area contributed by atoms with Gasteiger partial charge in [0, 0.05) is 0 Å². The number of amides is 1. The molecule has 0 aliphatic rings. The summed E-state index contributed by atoms with van der Waals surface area (Å²) in [6.45, 7) is 19.4. The van der Waals surface area contributed by atoms with E-state index in [4.69, 9.17) is 13.9 Å².